The molecule has 1 N–H and O–H groups in total. The van der Waals surface area contributed by atoms with Gasteiger partial charge in [0.1, 0.15) is 0 Å². The number of nitrogens with zero attached hydrogens (tertiary/aromatic N) is 4. The minimum Gasteiger partial charge on any atom is -0.356 e. The van der Waals surface area contributed by atoms with Gasteiger partial charge >= 0.3 is 0 Å². The van der Waals surface area contributed by atoms with E-state index < -0.39 is 14.6 Å². The smallest absolute Gasteiger partial charge is 0.239 e. The molecule has 0 aromatic carbocycles. The van der Waals surface area contributed by atoms with Crippen LogP contribution in [0.1, 0.15) is 33.1 Å². The van der Waals surface area contributed by atoms with E-state index in [0.29, 0.717) is 13.1 Å². The second kappa shape index (κ2) is 8.77. The minimum absolute atomic E-state index is 0.00686. The van der Waals surface area contributed by atoms with Gasteiger partial charge in [-0.2, -0.15) is 0 Å². The molecule has 0 aliphatic carbocycles. The lowest BCUT2D eigenvalue weighted by molar-refractivity contribution is -0.133. The van der Waals surface area contributed by atoms with Crippen molar-refractivity contribution in [2.24, 2.45) is 4.99 Å². The zero-order valence-corrected chi connectivity index (χ0v) is 18.2. The van der Waals surface area contributed by atoms with E-state index in [-0.39, 0.29) is 17.7 Å². The summed E-state index contributed by atoms with van der Waals surface area (Å²) in [5.74, 6) is 1.09. The SMILES string of the molecule is CN=C(NCCCN1CCCC1C(=O)N(C)C)N1CCS(=O)(=O)C(C)(C)C1. The van der Waals surface area contributed by atoms with Crippen LogP contribution >= 0.6 is 0 Å². The van der Waals surface area contributed by atoms with Crippen LogP contribution in [0.25, 0.3) is 0 Å². The van der Waals surface area contributed by atoms with Gasteiger partial charge in [0.2, 0.25) is 5.91 Å². The third kappa shape index (κ3) is 5.13. The number of hydrogen-bond donors (Lipinski definition) is 1. The van der Waals surface area contributed by atoms with Crippen LogP contribution in [-0.4, -0.2) is 105 Å². The molecule has 0 aromatic heterocycles. The third-order valence-electron chi connectivity index (χ3n) is 5.55. The van der Waals surface area contributed by atoms with Crippen LogP contribution in [0.15, 0.2) is 4.99 Å². The minimum atomic E-state index is -3.06. The van der Waals surface area contributed by atoms with Crippen molar-refractivity contribution in [3.8, 4) is 0 Å². The monoisotopic (exact) mass is 401 g/mol. The molecule has 156 valence electrons. The van der Waals surface area contributed by atoms with Gasteiger partial charge in [0, 0.05) is 47.3 Å². The Bertz CT molecular complexity index is 660. The second-order valence-corrected chi connectivity index (χ2v) is 11.0. The highest BCUT2D eigenvalue weighted by Gasteiger charge is 2.41. The van der Waals surface area contributed by atoms with Crippen LogP contribution in [0.2, 0.25) is 0 Å². The summed E-state index contributed by atoms with van der Waals surface area (Å²) >= 11 is 0. The number of aliphatic imine (C=N–C) groups is 1. The topological polar surface area (TPSA) is 85.3 Å². The standard InChI is InChI=1S/C18H35N5O3S/c1-18(2)14-23(12-13-27(18,25)26)17(19-3)20-9-7-11-22-10-6-8-15(22)16(24)21(4)5/h15H,6-14H2,1-5H3,(H,19,20). The lowest BCUT2D eigenvalue weighted by Crippen LogP contribution is -2.57. The maximum Gasteiger partial charge on any atom is 0.239 e. The molecular formula is C18H35N5O3S. The number of nitrogens with one attached hydrogen (secondary N) is 1. The number of sulfone groups is 1. The molecule has 2 saturated heterocycles. The molecule has 0 aromatic rings. The molecule has 8 nitrogen and oxygen atoms in total. The highest BCUT2D eigenvalue weighted by atomic mass is 32.2. The summed E-state index contributed by atoms with van der Waals surface area (Å²) in [5, 5.41) is 3.35. The molecule has 2 fully saturated rings. The number of likely N-dealkylation sites (tertiary alicyclic amines) is 1. The van der Waals surface area contributed by atoms with Crippen molar-refractivity contribution in [1.29, 1.82) is 0 Å². The van der Waals surface area contributed by atoms with Crippen molar-refractivity contribution in [1.82, 2.24) is 20.0 Å². The van der Waals surface area contributed by atoms with Gasteiger partial charge in [0.15, 0.2) is 15.8 Å². The molecule has 9 heteroatoms. The van der Waals surface area contributed by atoms with Crippen LogP contribution < -0.4 is 5.32 Å². The first-order valence-corrected chi connectivity index (χ1v) is 11.4. The fraction of sp³-hybridized carbons (Fsp3) is 0.889. The van der Waals surface area contributed by atoms with Gasteiger partial charge in [-0.05, 0) is 39.7 Å². The first-order chi connectivity index (χ1) is 12.6. The van der Waals surface area contributed by atoms with Crippen LogP contribution in [-0.2, 0) is 14.6 Å². The fourth-order valence-corrected chi connectivity index (χ4v) is 5.18. The number of rotatable bonds is 5. The number of guanidine groups is 1. The summed E-state index contributed by atoms with van der Waals surface area (Å²) < 4.78 is 23.6. The van der Waals surface area contributed by atoms with E-state index in [2.05, 4.69) is 15.2 Å². The van der Waals surface area contributed by atoms with Crippen LogP contribution in [0.4, 0.5) is 0 Å². The number of amides is 1. The maximum absolute atomic E-state index is 12.3. The summed E-state index contributed by atoms with van der Waals surface area (Å²) in [4.78, 5) is 22.5. The molecule has 1 atom stereocenters. The van der Waals surface area contributed by atoms with E-state index in [1.54, 1.807) is 25.8 Å². The Kier molecular flexibility index (Phi) is 7.13. The largest absolute Gasteiger partial charge is 0.356 e. The van der Waals surface area contributed by atoms with Crippen molar-refractivity contribution >= 4 is 21.7 Å². The first-order valence-electron chi connectivity index (χ1n) is 9.72. The predicted octanol–water partition coefficient (Wildman–Crippen LogP) is 0.0135. The van der Waals surface area contributed by atoms with Gasteiger partial charge in [0.05, 0.1) is 16.5 Å². The molecule has 2 heterocycles. The average Bonchev–Trinajstić information content (AvgIpc) is 3.05. The van der Waals surface area contributed by atoms with Crippen molar-refractivity contribution in [3.05, 3.63) is 0 Å². The van der Waals surface area contributed by atoms with Gasteiger partial charge in [-0.25, -0.2) is 8.42 Å². The van der Waals surface area contributed by atoms with Crippen molar-refractivity contribution < 1.29 is 13.2 Å². The Morgan fingerprint density at radius 2 is 2.00 bits per heavy atom. The van der Waals surface area contributed by atoms with Gasteiger partial charge in [-0.1, -0.05) is 0 Å². The lowest BCUT2D eigenvalue weighted by atomic mass is 10.2. The quantitative estimate of drug-likeness (QED) is 0.397. The molecule has 0 saturated carbocycles. The summed E-state index contributed by atoms with van der Waals surface area (Å²) in [6.07, 6.45) is 2.91. The molecule has 2 aliphatic heterocycles. The lowest BCUT2D eigenvalue weighted by Gasteiger charge is -2.39. The number of carbonyl (C=O) groups excluding carboxylic acids is 1. The normalized spacial score (nSPS) is 25.4. The highest BCUT2D eigenvalue weighted by Crippen LogP contribution is 2.23. The fourth-order valence-electron chi connectivity index (χ4n) is 3.81. The Balaban J connectivity index is 1.81. The molecule has 0 radical (unpaired) electrons. The van der Waals surface area contributed by atoms with Crippen LogP contribution in [0, 0.1) is 0 Å². The van der Waals surface area contributed by atoms with E-state index in [0.717, 1.165) is 44.9 Å². The Labute approximate surface area is 163 Å². The zero-order valence-electron chi connectivity index (χ0n) is 17.4. The van der Waals surface area contributed by atoms with E-state index in [1.807, 2.05) is 19.0 Å². The molecule has 0 spiro atoms. The molecule has 0 bridgehead atoms. The molecule has 2 aliphatic rings. The zero-order chi connectivity index (χ0) is 20.2. The number of hydrogen-bond acceptors (Lipinski definition) is 5. The van der Waals surface area contributed by atoms with Crippen molar-refractivity contribution in [2.45, 2.75) is 43.9 Å². The van der Waals surface area contributed by atoms with Crippen LogP contribution in [0.5, 0.6) is 0 Å². The second-order valence-electron chi connectivity index (χ2n) is 8.25. The number of likely N-dealkylation sites (N-methyl/N-ethyl adjacent to an activating group) is 1. The van der Waals surface area contributed by atoms with Crippen molar-refractivity contribution in [3.63, 3.8) is 0 Å². The Morgan fingerprint density at radius 3 is 2.59 bits per heavy atom. The summed E-state index contributed by atoms with van der Waals surface area (Å²) in [5.41, 5.74) is 0. The molecule has 2 rings (SSSR count). The van der Waals surface area contributed by atoms with Crippen molar-refractivity contribution in [2.75, 3.05) is 59.6 Å². The maximum atomic E-state index is 12.3. The van der Waals surface area contributed by atoms with Gasteiger partial charge in [-0.15, -0.1) is 0 Å². The first kappa shape index (κ1) is 21.9. The highest BCUT2D eigenvalue weighted by molar-refractivity contribution is 7.92. The Hall–Kier alpha value is -1.35. The number of carbonyl (C=O) groups is 1. The molecule has 1 amide bonds. The van der Waals surface area contributed by atoms with Gasteiger partial charge in [0.25, 0.3) is 0 Å². The predicted molar refractivity (Wildman–Crippen MR) is 109 cm³/mol. The van der Waals surface area contributed by atoms with Crippen LogP contribution in [0.3, 0.4) is 0 Å². The summed E-state index contributed by atoms with van der Waals surface area (Å²) in [7, 11) is 2.29. The summed E-state index contributed by atoms with van der Waals surface area (Å²) in [6.45, 7) is 7.05. The molecule has 27 heavy (non-hydrogen) atoms. The Morgan fingerprint density at radius 1 is 1.30 bits per heavy atom. The average molecular weight is 402 g/mol. The van der Waals surface area contributed by atoms with E-state index in [9.17, 15) is 13.2 Å². The van der Waals surface area contributed by atoms with Gasteiger partial charge in [-0.3, -0.25) is 14.7 Å². The molecular weight excluding hydrogens is 366 g/mol. The van der Waals surface area contributed by atoms with E-state index >= 15 is 0 Å². The van der Waals surface area contributed by atoms with E-state index in [1.165, 1.54) is 0 Å². The van der Waals surface area contributed by atoms with Gasteiger partial charge < -0.3 is 15.1 Å². The molecule has 1 unspecified atom stereocenters. The van der Waals surface area contributed by atoms with E-state index in [4.69, 9.17) is 0 Å². The summed E-state index contributed by atoms with van der Waals surface area (Å²) in [6, 6.07) is 0.00686. The third-order valence-corrected chi connectivity index (χ3v) is 8.08.